The second kappa shape index (κ2) is 10.9. The predicted octanol–water partition coefficient (Wildman–Crippen LogP) is 6.81. The summed E-state index contributed by atoms with van der Waals surface area (Å²) in [6.45, 7) is 8.58. The largest absolute Gasteiger partial charge is 0.508 e. The first-order chi connectivity index (χ1) is 18.0. The van der Waals surface area contributed by atoms with Crippen molar-refractivity contribution in [3.8, 4) is 5.75 Å². The average molecular weight is 495 g/mol. The number of aromatic hydroxyl groups is 1. The van der Waals surface area contributed by atoms with Gasteiger partial charge in [0, 0.05) is 37.3 Å². The SMILES string of the molecule is CCN(CC)C(=O)c1ccc(C(=C2CC3CCC(C2)N3Cc2ccc(C)cc2)c2cccc(O)c2)cc1. The molecule has 0 spiro atoms. The molecular weight excluding hydrogens is 456 g/mol. The highest BCUT2D eigenvalue weighted by Crippen LogP contribution is 2.44. The van der Waals surface area contributed by atoms with Crippen LogP contribution in [0.15, 0.2) is 78.4 Å². The summed E-state index contributed by atoms with van der Waals surface area (Å²) in [6.07, 6.45) is 4.52. The Labute approximate surface area is 221 Å². The van der Waals surface area contributed by atoms with Crippen molar-refractivity contribution in [3.05, 3.63) is 106 Å². The summed E-state index contributed by atoms with van der Waals surface area (Å²) in [4.78, 5) is 17.4. The summed E-state index contributed by atoms with van der Waals surface area (Å²) in [5, 5.41) is 10.3. The van der Waals surface area contributed by atoms with Gasteiger partial charge in [-0.25, -0.2) is 0 Å². The van der Waals surface area contributed by atoms with Gasteiger partial charge in [-0.2, -0.15) is 0 Å². The number of phenols is 1. The van der Waals surface area contributed by atoms with Gasteiger partial charge < -0.3 is 10.0 Å². The zero-order chi connectivity index (χ0) is 25.9. The number of carbonyl (C=O) groups is 1. The van der Waals surface area contributed by atoms with E-state index >= 15 is 0 Å². The molecule has 3 aromatic carbocycles. The van der Waals surface area contributed by atoms with Gasteiger partial charge in [0.15, 0.2) is 0 Å². The summed E-state index contributed by atoms with van der Waals surface area (Å²) >= 11 is 0. The summed E-state index contributed by atoms with van der Waals surface area (Å²) in [5.41, 5.74) is 8.24. The monoisotopic (exact) mass is 494 g/mol. The fourth-order valence-electron chi connectivity index (χ4n) is 6.18. The maximum Gasteiger partial charge on any atom is 0.253 e. The average Bonchev–Trinajstić information content (AvgIpc) is 3.13. The molecule has 2 atom stereocenters. The van der Waals surface area contributed by atoms with E-state index in [9.17, 15) is 9.90 Å². The number of fused-ring (bicyclic) bond motifs is 2. The number of benzene rings is 3. The van der Waals surface area contributed by atoms with Gasteiger partial charge in [0.1, 0.15) is 5.75 Å². The van der Waals surface area contributed by atoms with E-state index in [-0.39, 0.29) is 11.7 Å². The van der Waals surface area contributed by atoms with Crippen molar-refractivity contribution in [1.82, 2.24) is 9.80 Å². The van der Waals surface area contributed by atoms with E-state index in [4.69, 9.17) is 0 Å². The lowest BCUT2D eigenvalue weighted by Crippen LogP contribution is -2.40. The van der Waals surface area contributed by atoms with Crippen LogP contribution < -0.4 is 0 Å². The van der Waals surface area contributed by atoms with Gasteiger partial charge in [-0.3, -0.25) is 9.69 Å². The molecule has 2 fully saturated rings. The third kappa shape index (κ3) is 5.35. The molecular formula is C33H38N2O2. The molecule has 0 aromatic heterocycles. The Bertz CT molecular complexity index is 1260. The first kappa shape index (κ1) is 25.3. The minimum Gasteiger partial charge on any atom is -0.508 e. The summed E-state index contributed by atoms with van der Waals surface area (Å²) in [7, 11) is 0. The third-order valence-electron chi connectivity index (χ3n) is 8.18. The van der Waals surface area contributed by atoms with Crippen LogP contribution in [0.2, 0.25) is 0 Å². The van der Waals surface area contributed by atoms with E-state index in [0.717, 1.165) is 36.1 Å². The van der Waals surface area contributed by atoms with Gasteiger partial charge in [-0.05, 0) is 93.0 Å². The van der Waals surface area contributed by atoms with Gasteiger partial charge in [0.25, 0.3) is 5.91 Å². The fourth-order valence-corrected chi connectivity index (χ4v) is 6.18. The van der Waals surface area contributed by atoms with E-state index < -0.39 is 0 Å². The molecule has 0 radical (unpaired) electrons. The van der Waals surface area contributed by atoms with Gasteiger partial charge in [-0.15, -0.1) is 0 Å². The first-order valence-corrected chi connectivity index (χ1v) is 13.7. The van der Waals surface area contributed by atoms with Crippen LogP contribution in [0, 0.1) is 6.92 Å². The molecule has 2 heterocycles. The molecule has 2 aliphatic heterocycles. The third-order valence-corrected chi connectivity index (χ3v) is 8.18. The van der Waals surface area contributed by atoms with E-state index in [0.29, 0.717) is 25.2 Å². The van der Waals surface area contributed by atoms with Crippen molar-refractivity contribution in [2.75, 3.05) is 13.1 Å². The number of hydrogen-bond acceptors (Lipinski definition) is 3. The summed E-state index contributed by atoms with van der Waals surface area (Å²) in [5.74, 6) is 0.356. The van der Waals surface area contributed by atoms with Crippen molar-refractivity contribution in [2.45, 2.75) is 65.1 Å². The Kier molecular flexibility index (Phi) is 7.48. The number of nitrogens with zero attached hydrogens (tertiary/aromatic N) is 2. The molecule has 2 saturated heterocycles. The van der Waals surface area contributed by atoms with Crippen LogP contribution >= 0.6 is 0 Å². The summed E-state index contributed by atoms with van der Waals surface area (Å²) < 4.78 is 0. The maximum atomic E-state index is 12.9. The number of rotatable bonds is 7. The van der Waals surface area contributed by atoms with E-state index in [1.807, 2.05) is 43.0 Å². The minimum atomic E-state index is 0.0746. The number of hydrogen-bond donors (Lipinski definition) is 1. The molecule has 37 heavy (non-hydrogen) atoms. The van der Waals surface area contributed by atoms with Crippen molar-refractivity contribution in [1.29, 1.82) is 0 Å². The molecule has 192 valence electrons. The van der Waals surface area contributed by atoms with Gasteiger partial charge in [0.05, 0.1) is 0 Å². The van der Waals surface area contributed by atoms with Crippen molar-refractivity contribution in [2.24, 2.45) is 0 Å². The number of piperidine rings is 1. The highest BCUT2D eigenvalue weighted by atomic mass is 16.3. The Hall–Kier alpha value is -3.37. The Morgan fingerprint density at radius 2 is 1.49 bits per heavy atom. The first-order valence-electron chi connectivity index (χ1n) is 13.7. The fraction of sp³-hybridized carbons (Fsp3) is 0.364. The van der Waals surface area contributed by atoms with Crippen LogP contribution in [0.4, 0.5) is 0 Å². The number of carbonyl (C=O) groups excluding carboxylic acids is 1. The van der Waals surface area contributed by atoms with Gasteiger partial charge in [-0.1, -0.05) is 59.7 Å². The van der Waals surface area contributed by atoms with E-state index in [1.54, 1.807) is 6.07 Å². The minimum absolute atomic E-state index is 0.0746. The topological polar surface area (TPSA) is 43.8 Å². The molecule has 2 aliphatic rings. The number of phenolic OH excluding ortho intramolecular Hbond substituents is 1. The predicted molar refractivity (Wildman–Crippen MR) is 151 cm³/mol. The molecule has 4 nitrogen and oxygen atoms in total. The Morgan fingerprint density at radius 3 is 2.08 bits per heavy atom. The van der Waals surface area contributed by atoms with E-state index in [2.05, 4.69) is 54.3 Å². The second-order valence-corrected chi connectivity index (χ2v) is 10.5. The van der Waals surface area contributed by atoms with Crippen LogP contribution in [0.3, 0.4) is 0 Å². The highest BCUT2D eigenvalue weighted by Gasteiger charge is 2.39. The van der Waals surface area contributed by atoms with Gasteiger partial charge in [0.2, 0.25) is 0 Å². The standard InChI is InChI=1S/C33H38N2O2/c1-4-34(5-2)33(37)26-15-13-25(14-16-26)32(27-7-6-8-31(36)21-27)28-19-29-17-18-30(20-28)35(29)22-24-11-9-23(3)10-12-24/h6-16,21,29-30,36H,4-5,17-20,22H2,1-3H3. The molecule has 0 saturated carbocycles. The highest BCUT2D eigenvalue weighted by molar-refractivity contribution is 5.95. The zero-order valence-corrected chi connectivity index (χ0v) is 22.3. The molecule has 5 rings (SSSR count). The Morgan fingerprint density at radius 1 is 0.865 bits per heavy atom. The Balaban J connectivity index is 1.47. The number of aryl methyl sites for hydroxylation is 1. The lowest BCUT2D eigenvalue weighted by atomic mass is 9.85. The van der Waals surface area contributed by atoms with Crippen LogP contribution in [-0.2, 0) is 6.54 Å². The molecule has 2 bridgehead atoms. The van der Waals surface area contributed by atoms with E-state index in [1.165, 1.54) is 35.1 Å². The van der Waals surface area contributed by atoms with Gasteiger partial charge >= 0.3 is 0 Å². The molecule has 4 heteroatoms. The molecule has 1 N–H and O–H groups in total. The zero-order valence-electron chi connectivity index (χ0n) is 22.3. The van der Waals surface area contributed by atoms with Crippen LogP contribution in [0.1, 0.15) is 72.1 Å². The maximum absolute atomic E-state index is 12.9. The van der Waals surface area contributed by atoms with Crippen molar-refractivity contribution in [3.63, 3.8) is 0 Å². The normalized spacial score (nSPS) is 19.2. The van der Waals surface area contributed by atoms with Crippen LogP contribution in [-0.4, -0.2) is 46.0 Å². The lowest BCUT2D eigenvalue weighted by molar-refractivity contribution is 0.0773. The lowest BCUT2D eigenvalue weighted by Gasteiger charge is -2.37. The van der Waals surface area contributed by atoms with Crippen molar-refractivity contribution >= 4 is 11.5 Å². The molecule has 1 amide bonds. The second-order valence-electron chi connectivity index (χ2n) is 10.5. The molecule has 2 unspecified atom stereocenters. The summed E-state index contributed by atoms with van der Waals surface area (Å²) in [6, 6.07) is 25.7. The molecule has 3 aromatic rings. The van der Waals surface area contributed by atoms with Crippen LogP contribution in [0.5, 0.6) is 5.75 Å². The number of amides is 1. The quantitative estimate of drug-likeness (QED) is 0.392. The van der Waals surface area contributed by atoms with Crippen molar-refractivity contribution < 1.29 is 9.90 Å². The smallest absolute Gasteiger partial charge is 0.253 e. The van der Waals surface area contributed by atoms with Crippen LogP contribution in [0.25, 0.3) is 5.57 Å². The molecule has 0 aliphatic carbocycles.